The summed E-state index contributed by atoms with van der Waals surface area (Å²) < 4.78 is 28.1. The Morgan fingerprint density at radius 2 is 2.33 bits per heavy atom. The Morgan fingerprint density at radius 3 is 2.73 bits per heavy atom. The molecule has 0 radical (unpaired) electrons. The number of nitrogens with zero attached hydrogens (tertiary/aromatic N) is 2. The number of aromatic nitrogens is 1. The van der Waals surface area contributed by atoms with E-state index >= 15 is 0 Å². The maximum atomic E-state index is 11.8. The Labute approximate surface area is 91.8 Å². The van der Waals surface area contributed by atoms with E-state index < -0.39 is 14.8 Å². The molecule has 0 amide bonds. The second-order valence-electron chi connectivity index (χ2n) is 3.70. The number of hydrogen-bond donors (Lipinski definition) is 1. The Kier molecular flexibility index (Phi) is 2.48. The van der Waals surface area contributed by atoms with Gasteiger partial charge >= 0.3 is 0 Å². The molecule has 84 valence electrons. The van der Waals surface area contributed by atoms with Gasteiger partial charge in [0.05, 0.1) is 6.61 Å². The molecule has 1 N–H and O–H groups in total. The third kappa shape index (κ3) is 1.75. The third-order valence-electron chi connectivity index (χ3n) is 2.60. The van der Waals surface area contributed by atoms with Crippen LogP contribution in [0.15, 0.2) is 16.0 Å². The first-order valence-corrected chi connectivity index (χ1v) is 6.84. The lowest BCUT2D eigenvalue weighted by atomic mass is 10.5. The van der Waals surface area contributed by atoms with E-state index in [4.69, 9.17) is 5.11 Å². The normalized spacial score (nSPS) is 20.5. The van der Waals surface area contributed by atoms with Gasteiger partial charge in [-0.3, -0.25) is 0 Å². The molecule has 5 nitrogen and oxygen atoms in total. The van der Waals surface area contributed by atoms with Crippen molar-refractivity contribution in [2.45, 2.75) is 17.6 Å². The minimum atomic E-state index is -3.58. The zero-order valence-electron chi connectivity index (χ0n) is 8.25. The lowest BCUT2D eigenvalue weighted by Gasteiger charge is -2.07. The molecular formula is C8H12N2O3S2. The summed E-state index contributed by atoms with van der Waals surface area (Å²) in [5.74, 6) is 0. The van der Waals surface area contributed by atoms with E-state index in [9.17, 15) is 8.42 Å². The third-order valence-corrected chi connectivity index (χ3v) is 5.61. The van der Waals surface area contributed by atoms with Gasteiger partial charge in [0, 0.05) is 18.6 Å². The lowest BCUT2D eigenvalue weighted by Crippen LogP contribution is -2.27. The van der Waals surface area contributed by atoms with Crippen LogP contribution in [0.3, 0.4) is 0 Å². The highest BCUT2D eigenvalue weighted by atomic mass is 32.2. The van der Waals surface area contributed by atoms with Crippen LogP contribution in [-0.4, -0.2) is 29.4 Å². The van der Waals surface area contributed by atoms with Gasteiger partial charge in [0.2, 0.25) is 4.80 Å². The summed E-state index contributed by atoms with van der Waals surface area (Å²) >= 11 is 1.27. The van der Waals surface area contributed by atoms with Crippen molar-refractivity contribution in [3.63, 3.8) is 0 Å². The minimum Gasteiger partial charge on any atom is -0.395 e. The van der Waals surface area contributed by atoms with E-state index in [0.29, 0.717) is 17.6 Å². The Hall–Kier alpha value is -0.660. The van der Waals surface area contributed by atoms with Crippen molar-refractivity contribution >= 4 is 21.4 Å². The molecule has 1 aromatic rings. The summed E-state index contributed by atoms with van der Waals surface area (Å²) in [6.07, 6.45) is 2.76. The van der Waals surface area contributed by atoms with E-state index in [2.05, 4.69) is 4.40 Å². The summed E-state index contributed by atoms with van der Waals surface area (Å²) in [7, 11) is -1.84. The van der Waals surface area contributed by atoms with Gasteiger partial charge in [-0.25, -0.2) is 8.42 Å². The van der Waals surface area contributed by atoms with Gasteiger partial charge in [0.1, 0.15) is 4.75 Å². The number of rotatable bonds is 3. The van der Waals surface area contributed by atoms with Crippen LogP contribution < -0.4 is 4.80 Å². The van der Waals surface area contributed by atoms with Crippen molar-refractivity contribution in [2.75, 3.05) is 6.61 Å². The maximum absolute atomic E-state index is 11.8. The van der Waals surface area contributed by atoms with Crippen LogP contribution in [0.4, 0.5) is 0 Å². The smallest absolute Gasteiger partial charge is 0.263 e. The number of aliphatic hydroxyl groups is 1. The molecule has 1 aliphatic rings. The summed E-state index contributed by atoms with van der Waals surface area (Å²) in [4.78, 5) is 0.440. The molecule has 1 saturated carbocycles. The molecule has 1 aliphatic carbocycles. The van der Waals surface area contributed by atoms with Crippen LogP contribution in [0.25, 0.3) is 0 Å². The van der Waals surface area contributed by atoms with Crippen molar-refractivity contribution in [1.82, 2.24) is 4.57 Å². The Bertz CT molecular complexity index is 522. The highest BCUT2D eigenvalue weighted by Gasteiger charge is 2.54. The van der Waals surface area contributed by atoms with Gasteiger partial charge in [0.25, 0.3) is 10.0 Å². The molecule has 2 rings (SSSR count). The fraction of sp³-hybridized carbons (Fsp3) is 0.625. The van der Waals surface area contributed by atoms with Crippen molar-refractivity contribution in [2.24, 2.45) is 11.4 Å². The predicted octanol–water partition coefficient (Wildman–Crippen LogP) is -0.158. The molecule has 7 heteroatoms. The zero-order valence-corrected chi connectivity index (χ0v) is 9.88. The summed E-state index contributed by atoms with van der Waals surface area (Å²) in [6, 6.07) is 0. The van der Waals surface area contributed by atoms with Gasteiger partial charge in [-0.2, -0.15) is 0 Å². The second kappa shape index (κ2) is 3.43. The largest absolute Gasteiger partial charge is 0.395 e. The fourth-order valence-corrected chi connectivity index (χ4v) is 3.62. The second-order valence-corrected chi connectivity index (χ2v) is 6.58. The van der Waals surface area contributed by atoms with E-state index in [1.165, 1.54) is 11.3 Å². The minimum absolute atomic E-state index is 0.339. The van der Waals surface area contributed by atoms with E-state index in [-0.39, 0.29) is 6.61 Å². The lowest BCUT2D eigenvalue weighted by molar-refractivity contribution is 0.283. The molecule has 1 aromatic heterocycles. The standard InChI is InChI=1S/C8H12N2O3S2/c1-10-4-5-14-7(10)9-15(12,13)8(6-11)2-3-8/h4-5,11H,2-3,6H2,1H3. The van der Waals surface area contributed by atoms with Gasteiger partial charge in [-0.15, -0.1) is 15.7 Å². The number of sulfonamides is 1. The maximum Gasteiger partial charge on any atom is 0.263 e. The zero-order chi connectivity index (χ0) is 11.1. The van der Waals surface area contributed by atoms with E-state index in [1.807, 2.05) is 0 Å². The molecule has 0 atom stereocenters. The molecule has 1 fully saturated rings. The van der Waals surface area contributed by atoms with Crippen molar-refractivity contribution in [3.8, 4) is 0 Å². The molecule has 0 bridgehead atoms. The van der Waals surface area contributed by atoms with Gasteiger partial charge < -0.3 is 9.67 Å². The summed E-state index contributed by atoms with van der Waals surface area (Å²) in [5, 5.41) is 10.8. The van der Waals surface area contributed by atoms with Gasteiger partial charge in [-0.1, -0.05) is 0 Å². The Balaban J connectivity index is 2.46. The van der Waals surface area contributed by atoms with Crippen LogP contribution in [0.1, 0.15) is 12.8 Å². The molecule has 0 aliphatic heterocycles. The first-order valence-electron chi connectivity index (χ1n) is 4.52. The number of hydrogen-bond acceptors (Lipinski definition) is 4. The first kappa shape index (κ1) is 10.8. The predicted molar refractivity (Wildman–Crippen MR) is 56.8 cm³/mol. The fourth-order valence-electron chi connectivity index (χ4n) is 1.25. The monoisotopic (exact) mass is 248 g/mol. The van der Waals surface area contributed by atoms with Crippen molar-refractivity contribution in [3.05, 3.63) is 16.4 Å². The molecular weight excluding hydrogens is 236 g/mol. The number of aliphatic hydroxyl groups excluding tert-OH is 1. The molecule has 15 heavy (non-hydrogen) atoms. The van der Waals surface area contributed by atoms with Crippen LogP contribution in [-0.2, 0) is 17.1 Å². The van der Waals surface area contributed by atoms with Gasteiger partial charge in [0.15, 0.2) is 0 Å². The summed E-state index contributed by atoms with van der Waals surface area (Å²) in [5.41, 5.74) is 0. The SMILES string of the molecule is Cn1ccsc1=NS(=O)(=O)C1(CO)CC1. The average molecular weight is 248 g/mol. The molecule has 0 unspecified atom stereocenters. The van der Waals surface area contributed by atoms with Crippen LogP contribution in [0, 0.1) is 0 Å². The average Bonchev–Trinajstić information content (AvgIpc) is 2.89. The summed E-state index contributed by atoms with van der Waals surface area (Å²) in [6.45, 7) is -0.339. The van der Waals surface area contributed by atoms with Crippen molar-refractivity contribution < 1.29 is 13.5 Å². The molecule has 0 saturated heterocycles. The number of aryl methyl sites for hydroxylation is 1. The van der Waals surface area contributed by atoms with E-state index in [0.717, 1.165) is 0 Å². The number of thiazole rings is 1. The molecule has 0 spiro atoms. The van der Waals surface area contributed by atoms with Crippen LogP contribution in [0.2, 0.25) is 0 Å². The quantitative estimate of drug-likeness (QED) is 0.808. The molecule has 1 heterocycles. The molecule has 0 aromatic carbocycles. The van der Waals surface area contributed by atoms with Gasteiger partial charge in [-0.05, 0) is 12.8 Å². The van der Waals surface area contributed by atoms with Crippen molar-refractivity contribution in [1.29, 1.82) is 0 Å². The van der Waals surface area contributed by atoms with Crippen LogP contribution >= 0.6 is 11.3 Å². The van der Waals surface area contributed by atoms with E-state index in [1.54, 1.807) is 23.2 Å². The Morgan fingerprint density at radius 1 is 1.67 bits per heavy atom. The highest BCUT2D eigenvalue weighted by Crippen LogP contribution is 2.43. The van der Waals surface area contributed by atoms with Crippen LogP contribution in [0.5, 0.6) is 0 Å². The first-order chi connectivity index (χ1) is 7.01. The topological polar surface area (TPSA) is 71.7 Å². The highest BCUT2D eigenvalue weighted by molar-refractivity contribution is 7.91.